The topological polar surface area (TPSA) is 61.3 Å². The molecule has 2 aromatic carbocycles. The molecule has 120 valence electrons. The molecule has 0 radical (unpaired) electrons. The van der Waals surface area contributed by atoms with E-state index in [1.54, 1.807) is 31.6 Å². The summed E-state index contributed by atoms with van der Waals surface area (Å²) in [6, 6.07) is 14.6. The molecule has 0 spiro atoms. The molecule has 0 saturated heterocycles. The van der Waals surface area contributed by atoms with Crippen LogP contribution in [-0.4, -0.2) is 23.0 Å². The van der Waals surface area contributed by atoms with E-state index in [0.29, 0.717) is 5.56 Å². The molecule has 0 fully saturated rings. The predicted molar refractivity (Wildman–Crippen MR) is 89.6 cm³/mol. The van der Waals surface area contributed by atoms with Gasteiger partial charge in [-0.15, -0.1) is 0 Å². The Morgan fingerprint density at radius 2 is 1.58 bits per heavy atom. The highest BCUT2D eigenvalue weighted by Crippen LogP contribution is 2.18. The highest BCUT2D eigenvalue weighted by molar-refractivity contribution is 5.90. The van der Waals surface area contributed by atoms with Crippen LogP contribution in [-0.2, 0) is 11.3 Å². The fourth-order valence-corrected chi connectivity index (χ4v) is 2.20. The number of nitrogens with zero attached hydrogens (tertiary/aromatic N) is 2. The number of hydrogen-bond acceptors (Lipinski definition) is 5. The van der Waals surface area contributed by atoms with Crippen molar-refractivity contribution in [1.29, 1.82) is 0 Å². The van der Waals surface area contributed by atoms with E-state index >= 15 is 0 Å². The fraction of sp³-hybridized carbons (Fsp3) is 0.105. The Morgan fingerprint density at radius 1 is 0.917 bits per heavy atom. The van der Waals surface area contributed by atoms with E-state index in [9.17, 15) is 4.79 Å². The molecule has 0 aliphatic heterocycles. The molecule has 1 aromatic heterocycles. The Hall–Kier alpha value is -3.21. The monoisotopic (exact) mass is 320 g/mol. The normalized spacial score (nSPS) is 10.2. The second-order valence-electron chi connectivity index (χ2n) is 5.13. The molecule has 0 bridgehead atoms. The zero-order chi connectivity index (χ0) is 16.8. The van der Waals surface area contributed by atoms with Crippen LogP contribution in [0.5, 0.6) is 5.75 Å². The van der Waals surface area contributed by atoms with Gasteiger partial charge >= 0.3 is 5.97 Å². The lowest BCUT2D eigenvalue weighted by Crippen LogP contribution is -2.05. The Kier molecular flexibility index (Phi) is 4.81. The van der Waals surface area contributed by atoms with Crippen LogP contribution in [0.15, 0.2) is 67.3 Å². The lowest BCUT2D eigenvalue weighted by atomic mass is 10.1. The van der Waals surface area contributed by atoms with Crippen molar-refractivity contribution >= 4 is 5.97 Å². The van der Waals surface area contributed by atoms with Gasteiger partial charge in [0.15, 0.2) is 0 Å². The maximum Gasteiger partial charge on any atom is 0.338 e. The van der Waals surface area contributed by atoms with Gasteiger partial charge in [0.2, 0.25) is 0 Å². The first-order valence-electron chi connectivity index (χ1n) is 7.42. The van der Waals surface area contributed by atoms with E-state index in [1.165, 1.54) is 6.33 Å². The van der Waals surface area contributed by atoms with E-state index in [4.69, 9.17) is 9.47 Å². The standard InChI is InChI=1S/C19H16N2O3/c1-23-18-8-2-14(3-9-18)12-24-19(22)16-6-4-15(5-7-16)17-10-20-13-21-11-17/h2-11,13H,12H2,1H3. The Bertz CT molecular complexity index is 800. The zero-order valence-electron chi connectivity index (χ0n) is 13.2. The van der Waals surface area contributed by atoms with E-state index < -0.39 is 0 Å². The van der Waals surface area contributed by atoms with Gasteiger partial charge < -0.3 is 9.47 Å². The van der Waals surface area contributed by atoms with Gasteiger partial charge in [0.05, 0.1) is 12.7 Å². The van der Waals surface area contributed by atoms with Gasteiger partial charge in [-0.25, -0.2) is 14.8 Å². The third kappa shape index (κ3) is 3.76. The second-order valence-corrected chi connectivity index (χ2v) is 5.13. The van der Waals surface area contributed by atoms with E-state index in [0.717, 1.165) is 22.4 Å². The summed E-state index contributed by atoms with van der Waals surface area (Å²) < 4.78 is 10.4. The van der Waals surface area contributed by atoms with Crippen LogP contribution in [0.4, 0.5) is 0 Å². The van der Waals surface area contributed by atoms with Crippen LogP contribution in [0.1, 0.15) is 15.9 Å². The molecule has 0 aliphatic rings. The van der Waals surface area contributed by atoms with Gasteiger partial charge in [0, 0.05) is 18.0 Å². The highest BCUT2D eigenvalue weighted by Gasteiger charge is 2.08. The second kappa shape index (κ2) is 7.37. The predicted octanol–water partition coefficient (Wildman–Crippen LogP) is 3.51. The van der Waals surface area contributed by atoms with Crippen molar-refractivity contribution in [2.45, 2.75) is 6.61 Å². The van der Waals surface area contributed by atoms with Crippen LogP contribution >= 0.6 is 0 Å². The van der Waals surface area contributed by atoms with Crippen molar-refractivity contribution in [3.05, 3.63) is 78.4 Å². The van der Waals surface area contributed by atoms with Gasteiger partial charge in [-0.2, -0.15) is 0 Å². The van der Waals surface area contributed by atoms with Crippen LogP contribution in [0, 0.1) is 0 Å². The number of hydrogen-bond donors (Lipinski definition) is 0. The van der Waals surface area contributed by atoms with Crippen molar-refractivity contribution in [2.24, 2.45) is 0 Å². The minimum absolute atomic E-state index is 0.219. The van der Waals surface area contributed by atoms with Gasteiger partial charge in [-0.3, -0.25) is 0 Å². The van der Waals surface area contributed by atoms with Crippen LogP contribution in [0.3, 0.4) is 0 Å². The summed E-state index contributed by atoms with van der Waals surface area (Å²) >= 11 is 0. The average molecular weight is 320 g/mol. The summed E-state index contributed by atoms with van der Waals surface area (Å²) in [6.45, 7) is 0.219. The number of carbonyl (C=O) groups is 1. The maximum atomic E-state index is 12.1. The third-order valence-electron chi connectivity index (χ3n) is 3.54. The smallest absolute Gasteiger partial charge is 0.338 e. The Balaban J connectivity index is 1.62. The summed E-state index contributed by atoms with van der Waals surface area (Å²) in [6.07, 6.45) is 4.93. The molecule has 5 heteroatoms. The van der Waals surface area contributed by atoms with E-state index in [1.807, 2.05) is 36.4 Å². The summed E-state index contributed by atoms with van der Waals surface area (Å²) in [5.74, 6) is 0.409. The molecule has 3 rings (SSSR count). The largest absolute Gasteiger partial charge is 0.497 e. The molecule has 3 aromatic rings. The number of benzene rings is 2. The lowest BCUT2D eigenvalue weighted by molar-refractivity contribution is 0.0472. The first-order valence-corrected chi connectivity index (χ1v) is 7.42. The molecular formula is C19H16N2O3. The molecule has 0 amide bonds. The minimum Gasteiger partial charge on any atom is -0.497 e. The maximum absolute atomic E-state index is 12.1. The number of methoxy groups -OCH3 is 1. The number of esters is 1. The zero-order valence-corrected chi connectivity index (χ0v) is 13.2. The summed E-state index contributed by atoms with van der Waals surface area (Å²) in [4.78, 5) is 20.1. The van der Waals surface area contributed by atoms with Crippen molar-refractivity contribution in [3.63, 3.8) is 0 Å². The summed E-state index contributed by atoms with van der Waals surface area (Å²) in [7, 11) is 1.61. The van der Waals surface area contributed by atoms with Crippen molar-refractivity contribution < 1.29 is 14.3 Å². The van der Waals surface area contributed by atoms with Gasteiger partial charge in [-0.05, 0) is 35.4 Å². The summed E-state index contributed by atoms with van der Waals surface area (Å²) in [5, 5.41) is 0. The summed E-state index contributed by atoms with van der Waals surface area (Å²) in [5.41, 5.74) is 3.25. The molecule has 0 N–H and O–H groups in total. The van der Waals surface area contributed by atoms with Crippen LogP contribution < -0.4 is 4.74 Å². The molecule has 1 heterocycles. The van der Waals surface area contributed by atoms with Crippen molar-refractivity contribution in [2.75, 3.05) is 7.11 Å². The molecular weight excluding hydrogens is 304 g/mol. The van der Waals surface area contributed by atoms with Crippen molar-refractivity contribution in [3.8, 4) is 16.9 Å². The average Bonchev–Trinajstić information content (AvgIpc) is 2.67. The molecule has 0 aliphatic carbocycles. The van der Waals surface area contributed by atoms with Gasteiger partial charge in [0.1, 0.15) is 18.7 Å². The van der Waals surface area contributed by atoms with Gasteiger partial charge in [-0.1, -0.05) is 24.3 Å². The van der Waals surface area contributed by atoms with Gasteiger partial charge in [0.25, 0.3) is 0 Å². The van der Waals surface area contributed by atoms with Crippen LogP contribution in [0.25, 0.3) is 11.1 Å². The van der Waals surface area contributed by atoms with Crippen molar-refractivity contribution in [1.82, 2.24) is 9.97 Å². The number of carbonyl (C=O) groups excluding carboxylic acids is 1. The Labute approximate surface area is 139 Å². The Morgan fingerprint density at radius 3 is 2.21 bits per heavy atom. The first-order chi connectivity index (χ1) is 11.8. The van der Waals surface area contributed by atoms with Crippen LogP contribution in [0.2, 0.25) is 0 Å². The fourth-order valence-electron chi connectivity index (χ4n) is 2.20. The number of ether oxygens (including phenoxy) is 2. The lowest BCUT2D eigenvalue weighted by Gasteiger charge is -2.07. The number of rotatable bonds is 5. The molecule has 0 unspecified atom stereocenters. The molecule has 24 heavy (non-hydrogen) atoms. The quantitative estimate of drug-likeness (QED) is 0.673. The SMILES string of the molecule is COc1ccc(COC(=O)c2ccc(-c3cncnc3)cc2)cc1. The van der Waals surface area contributed by atoms with E-state index in [-0.39, 0.29) is 12.6 Å². The minimum atomic E-state index is -0.360. The first kappa shape index (κ1) is 15.7. The third-order valence-corrected chi connectivity index (χ3v) is 3.54. The molecule has 0 atom stereocenters. The highest BCUT2D eigenvalue weighted by atomic mass is 16.5. The molecule has 5 nitrogen and oxygen atoms in total. The van der Waals surface area contributed by atoms with E-state index in [2.05, 4.69) is 9.97 Å². The molecule has 0 saturated carbocycles. The number of aromatic nitrogens is 2.